The first-order valence-corrected chi connectivity index (χ1v) is 5.03. The van der Waals surface area contributed by atoms with Gasteiger partial charge in [0.15, 0.2) is 5.65 Å². The Morgan fingerprint density at radius 2 is 2.44 bits per heavy atom. The number of ether oxygens (including phenoxy) is 1. The van der Waals surface area contributed by atoms with Crippen LogP contribution in [0.3, 0.4) is 0 Å². The van der Waals surface area contributed by atoms with Gasteiger partial charge in [0.1, 0.15) is 12.0 Å². The Bertz CT molecular complexity index is 493. The number of rotatable bonds is 5. The molecular formula is C10H13N5O. The molecule has 0 aliphatic rings. The molecule has 0 atom stereocenters. The van der Waals surface area contributed by atoms with Crippen LogP contribution in [-0.4, -0.2) is 33.3 Å². The molecule has 0 amide bonds. The van der Waals surface area contributed by atoms with E-state index >= 15 is 0 Å². The molecule has 84 valence electrons. The van der Waals surface area contributed by atoms with Gasteiger partial charge in [-0.15, -0.1) is 0 Å². The first-order valence-electron chi connectivity index (χ1n) is 5.03. The van der Waals surface area contributed by atoms with Gasteiger partial charge in [-0.25, -0.2) is 0 Å². The standard InChI is InChI=1S/C10H13N5O/c1-3-5-16-9-7-6-12-15-8(7)13-10(14-9)11-4-2/h3,6H,1,4-5H2,2H3,(H2,11,12,13,14,15). The smallest absolute Gasteiger partial charge is 0.229 e. The van der Waals surface area contributed by atoms with E-state index in [9.17, 15) is 0 Å². The van der Waals surface area contributed by atoms with Crippen molar-refractivity contribution in [2.45, 2.75) is 6.92 Å². The van der Waals surface area contributed by atoms with Crippen LogP contribution in [0.1, 0.15) is 6.92 Å². The fraction of sp³-hybridized carbons (Fsp3) is 0.300. The molecule has 0 bridgehead atoms. The number of aromatic amines is 1. The van der Waals surface area contributed by atoms with E-state index in [1.54, 1.807) is 12.3 Å². The van der Waals surface area contributed by atoms with Gasteiger partial charge >= 0.3 is 0 Å². The summed E-state index contributed by atoms with van der Waals surface area (Å²) < 4.78 is 5.44. The number of aromatic nitrogens is 4. The fourth-order valence-electron chi connectivity index (χ4n) is 1.29. The molecule has 0 radical (unpaired) electrons. The maximum absolute atomic E-state index is 5.44. The monoisotopic (exact) mass is 219 g/mol. The number of nitrogens with one attached hydrogen (secondary N) is 2. The summed E-state index contributed by atoms with van der Waals surface area (Å²) in [6.07, 6.45) is 3.31. The van der Waals surface area contributed by atoms with E-state index in [4.69, 9.17) is 4.74 Å². The van der Waals surface area contributed by atoms with Gasteiger partial charge < -0.3 is 10.1 Å². The van der Waals surface area contributed by atoms with E-state index < -0.39 is 0 Å². The zero-order valence-electron chi connectivity index (χ0n) is 9.03. The van der Waals surface area contributed by atoms with Gasteiger partial charge in [0.25, 0.3) is 0 Å². The van der Waals surface area contributed by atoms with Crippen molar-refractivity contribution in [3.8, 4) is 5.88 Å². The SMILES string of the molecule is C=CCOc1nc(NCC)nc2[nH]ncc12. The van der Waals surface area contributed by atoms with Crippen LogP contribution in [0, 0.1) is 0 Å². The molecule has 0 unspecified atom stereocenters. The van der Waals surface area contributed by atoms with E-state index in [0.717, 1.165) is 11.9 Å². The predicted octanol–water partition coefficient (Wildman–Crippen LogP) is 1.35. The quantitative estimate of drug-likeness (QED) is 0.742. The number of H-pyrrole nitrogens is 1. The average Bonchev–Trinajstić information content (AvgIpc) is 2.74. The highest BCUT2D eigenvalue weighted by atomic mass is 16.5. The van der Waals surface area contributed by atoms with Crippen LogP contribution in [0.5, 0.6) is 5.88 Å². The van der Waals surface area contributed by atoms with Crippen molar-refractivity contribution < 1.29 is 4.74 Å². The van der Waals surface area contributed by atoms with Crippen molar-refractivity contribution in [2.24, 2.45) is 0 Å². The van der Waals surface area contributed by atoms with Crippen molar-refractivity contribution >= 4 is 17.0 Å². The Kier molecular flexibility index (Phi) is 3.00. The van der Waals surface area contributed by atoms with Gasteiger partial charge in [0.2, 0.25) is 11.8 Å². The number of hydrogen-bond donors (Lipinski definition) is 2. The lowest BCUT2D eigenvalue weighted by Crippen LogP contribution is -2.04. The molecule has 16 heavy (non-hydrogen) atoms. The zero-order valence-corrected chi connectivity index (χ0v) is 9.03. The molecule has 6 nitrogen and oxygen atoms in total. The number of fused-ring (bicyclic) bond motifs is 1. The van der Waals surface area contributed by atoms with Crippen LogP contribution >= 0.6 is 0 Å². The van der Waals surface area contributed by atoms with Crippen molar-refractivity contribution in [1.29, 1.82) is 0 Å². The van der Waals surface area contributed by atoms with Gasteiger partial charge in [-0.2, -0.15) is 15.1 Å². The molecule has 0 saturated carbocycles. The van der Waals surface area contributed by atoms with Crippen LogP contribution in [-0.2, 0) is 0 Å². The number of anilines is 1. The second kappa shape index (κ2) is 4.61. The minimum atomic E-state index is 0.406. The molecule has 0 saturated heterocycles. The highest BCUT2D eigenvalue weighted by Crippen LogP contribution is 2.21. The summed E-state index contributed by atoms with van der Waals surface area (Å²) in [6.45, 7) is 6.73. The Hall–Kier alpha value is -2.11. The van der Waals surface area contributed by atoms with Crippen molar-refractivity contribution in [1.82, 2.24) is 20.2 Å². The molecule has 2 aromatic rings. The summed E-state index contributed by atoms with van der Waals surface area (Å²) in [5, 5.41) is 10.5. The molecule has 0 aliphatic heterocycles. The minimum absolute atomic E-state index is 0.406. The summed E-state index contributed by atoms with van der Waals surface area (Å²) in [5.74, 6) is 1.04. The van der Waals surface area contributed by atoms with Crippen molar-refractivity contribution in [3.05, 3.63) is 18.9 Å². The van der Waals surface area contributed by atoms with Gasteiger partial charge in [-0.1, -0.05) is 12.7 Å². The largest absolute Gasteiger partial charge is 0.473 e. The van der Waals surface area contributed by atoms with Crippen molar-refractivity contribution in [3.63, 3.8) is 0 Å². The normalized spacial score (nSPS) is 10.3. The second-order valence-electron chi connectivity index (χ2n) is 3.11. The molecule has 6 heteroatoms. The maximum atomic E-state index is 5.44. The zero-order chi connectivity index (χ0) is 11.4. The Morgan fingerprint density at radius 3 is 3.19 bits per heavy atom. The number of hydrogen-bond acceptors (Lipinski definition) is 5. The molecule has 0 spiro atoms. The summed E-state index contributed by atoms with van der Waals surface area (Å²) >= 11 is 0. The summed E-state index contributed by atoms with van der Waals surface area (Å²) in [4.78, 5) is 8.50. The average molecular weight is 219 g/mol. The summed E-state index contributed by atoms with van der Waals surface area (Å²) in [5.41, 5.74) is 0.657. The lowest BCUT2D eigenvalue weighted by Gasteiger charge is -2.06. The van der Waals surface area contributed by atoms with Gasteiger partial charge in [0, 0.05) is 6.54 Å². The van der Waals surface area contributed by atoms with E-state index in [1.807, 2.05) is 6.92 Å². The van der Waals surface area contributed by atoms with Crippen molar-refractivity contribution in [2.75, 3.05) is 18.5 Å². The van der Waals surface area contributed by atoms with Crippen LogP contribution in [0.4, 0.5) is 5.95 Å². The number of nitrogens with zero attached hydrogens (tertiary/aromatic N) is 3. The molecular weight excluding hydrogens is 206 g/mol. The third kappa shape index (κ3) is 1.95. The molecule has 2 N–H and O–H groups in total. The van der Waals surface area contributed by atoms with Gasteiger partial charge in [-0.3, -0.25) is 5.10 Å². The minimum Gasteiger partial charge on any atom is -0.473 e. The Morgan fingerprint density at radius 1 is 1.56 bits per heavy atom. The highest BCUT2D eigenvalue weighted by molar-refractivity contribution is 5.80. The van der Waals surface area contributed by atoms with E-state index in [1.165, 1.54) is 0 Å². The molecule has 2 rings (SSSR count). The lowest BCUT2D eigenvalue weighted by molar-refractivity contribution is 0.353. The van der Waals surface area contributed by atoms with Crippen LogP contribution < -0.4 is 10.1 Å². The van der Waals surface area contributed by atoms with Gasteiger partial charge in [0.05, 0.1) is 6.20 Å². The molecule has 0 aromatic carbocycles. The van der Waals surface area contributed by atoms with E-state index in [0.29, 0.717) is 24.1 Å². The summed E-state index contributed by atoms with van der Waals surface area (Å²) in [7, 11) is 0. The lowest BCUT2D eigenvalue weighted by atomic mass is 10.4. The second-order valence-corrected chi connectivity index (χ2v) is 3.11. The van der Waals surface area contributed by atoms with E-state index in [2.05, 4.69) is 32.1 Å². The third-order valence-corrected chi connectivity index (χ3v) is 1.95. The van der Waals surface area contributed by atoms with Crippen LogP contribution in [0.15, 0.2) is 18.9 Å². The predicted molar refractivity (Wildman–Crippen MR) is 61.5 cm³/mol. The third-order valence-electron chi connectivity index (χ3n) is 1.95. The first-order chi connectivity index (χ1) is 7.85. The van der Waals surface area contributed by atoms with Gasteiger partial charge in [-0.05, 0) is 6.92 Å². The highest BCUT2D eigenvalue weighted by Gasteiger charge is 2.09. The fourth-order valence-corrected chi connectivity index (χ4v) is 1.29. The summed E-state index contributed by atoms with van der Waals surface area (Å²) in [6, 6.07) is 0. The molecule has 0 fully saturated rings. The molecule has 0 aliphatic carbocycles. The van der Waals surface area contributed by atoms with Crippen LogP contribution in [0.2, 0.25) is 0 Å². The van der Waals surface area contributed by atoms with Crippen LogP contribution in [0.25, 0.3) is 11.0 Å². The topological polar surface area (TPSA) is 75.7 Å². The molecule has 2 heterocycles. The Balaban J connectivity index is 2.41. The first kappa shape index (κ1) is 10.4. The van der Waals surface area contributed by atoms with E-state index in [-0.39, 0.29) is 0 Å². The molecule has 2 aromatic heterocycles. The Labute approximate surface area is 92.7 Å². The maximum Gasteiger partial charge on any atom is 0.229 e.